The van der Waals surface area contributed by atoms with Crippen molar-refractivity contribution in [2.45, 2.75) is 17.7 Å². The molecule has 0 atom stereocenters. The Hall–Kier alpha value is -4.14. The third-order valence-corrected chi connectivity index (χ3v) is 7.10. The number of benzene rings is 2. The lowest BCUT2D eigenvalue weighted by atomic mass is 10.1. The van der Waals surface area contributed by atoms with Gasteiger partial charge in [0.15, 0.2) is 16.2 Å². The van der Waals surface area contributed by atoms with Gasteiger partial charge in [0.25, 0.3) is 11.8 Å². The minimum Gasteiger partial charge on any atom is -0.505 e. The van der Waals surface area contributed by atoms with Crippen molar-refractivity contribution in [1.29, 1.82) is 0 Å². The van der Waals surface area contributed by atoms with Crippen LogP contribution in [0.2, 0.25) is 0 Å². The van der Waals surface area contributed by atoms with Crippen molar-refractivity contribution in [2.75, 3.05) is 0 Å². The predicted octanol–water partition coefficient (Wildman–Crippen LogP) is 2.24. The zero-order valence-electron chi connectivity index (χ0n) is 17.2. The van der Waals surface area contributed by atoms with Crippen molar-refractivity contribution < 1.29 is 41.7 Å². The number of carbonyl (C=O) groups is 3. The first-order chi connectivity index (χ1) is 16.5. The Balaban J connectivity index is 1.71. The molecule has 1 saturated heterocycles. The number of hydrogen-bond donors (Lipinski definition) is 2. The molecule has 0 bridgehead atoms. The molecule has 1 aliphatic heterocycles. The summed E-state index contributed by atoms with van der Waals surface area (Å²) in [4.78, 5) is 56.7. The molecule has 0 aliphatic carbocycles. The van der Waals surface area contributed by atoms with Crippen molar-refractivity contribution in [2.24, 2.45) is 0 Å². The maximum atomic E-state index is 12.7. The number of thiazole rings is 1. The SMILES string of the molecule is O=C(ON1C(=O)CCC1=O)c1cc2cc(-c3nc4ccccc4s3)c(=O)oc2c(S(=O)(=O)O)c1O. The Kier molecular flexibility index (Phi) is 5.16. The van der Waals surface area contributed by atoms with Gasteiger partial charge in [-0.3, -0.25) is 14.1 Å². The van der Waals surface area contributed by atoms with Gasteiger partial charge >= 0.3 is 21.7 Å². The normalized spacial score (nSPS) is 14.3. The van der Waals surface area contributed by atoms with Crippen LogP contribution < -0.4 is 5.63 Å². The van der Waals surface area contributed by atoms with Crippen LogP contribution >= 0.6 is 11.3 Å². The van der Waals surface area contributed by atoms with Gasteiger partial charge in [-0.05, 0) is 24.3 Å². The van der Waals surface area contributed by atoms with Crippen molar-refractivity contribution in [1.82, 2.24) is 10.0 Å². The number of amides is 2. The molecule has 178 valence electrons. The number of hydrogen-bond acceptors (Lipinski definition) is 11. The van der Waals surface area contributed by atoms with E-state index in [0.717, 1.165) is 22.1 Å². The Morgan fingerprint density at radius 3 is 2.46 bits per heavy atom. The minimum atomic E-state index is -5.23. The summed E-state index contributed by atoms with van der Waals surface area (Å²) in [7, 11) is -5.23. The minimum absolute atomic E-state index is 0.0742. The molecule has 2 N–H and O–H groups in total. The van der Waals surface area contributed by atoms with E-state index in [1.807, 2.05) is 0 Å². The molecular formula is C21H12N2O10S2. The fourth-order valence-electron chi connectivity index (χ4n) is 3.55. The molecule has 2 amide bonds. The first-order valence-electron chi connectivity index (χ1n) is 9.80. The summed E-state index contributed by atoms with van der Waals surface area (Å²) < 4.78 is 39.6. The second kappa shape index (κ2) is 7.97. The maximum absolute atomic E-state index is 12.7. The van der Waals surface area contributed by atoms with E-state index >= 15 is 0 Å². The Bertz CT molecular complexity index is 1700. The molecule has 35 heavy (non-hydrogen) atoms. The molecule has 0 spiro atoms. The summed E-state index contributed by atoms with van der Waals surface area (Å²) in [6.07, 6.45) is -0.383. The number of rotatable bonds is 4. The third-order valence-electron chi connectivity index (χ3n) is 5.14. The molecular weight excluding hydrogens is 504 g/mol. The number of imide groups is 1. The first-order valence-corrected chi connectivity index (χ1v) is 12.1. The number of fused-ring (bicyclic) bond motifs is 2. The third kappa shape index (κ3) is 3.82. The van der Waals surface area contributed by atoms with Crippen molar-refractivity contribution in [3.8, 4) is 16.3 Å². The van der Waals surface area contributed by atoms with Crippen LogP contribution in [0.15, 0.2) is 50.5 Å². The highest BCUT2D eigenvalue weighted by atomic mass is 32.2. The van der Waals surface area contributed by atoms with Gasteiger partial charge in [0, 0.05) is 18.2 Å². The van der Waals surface area contributed by atoms with Crippen LogP contribution in [0, 0.1) is 0 Å². The van der Waals surface area contributed by atoms with Gasteiger partial charge in [0.1, 0.15) is 10.6 Å². The summed E-state index contributed by atoms with van der Waals surface area (Å²) >= 11 is 1.16. The van der Waals surface area contributed by atoms with Gasteiger partial charge in [0.2, 0.25) is 0 Å². The van der Waals surface area contributed by atoms with Gasteiger partial charge < -0.3 is 14.4 Å². The number of hydroxylamine groups is 2. The number of aromatic nitrogens is 1. The Morgan fingerprint density at radius 2 is 1.80 bits per heavy atom. The molecule has 0 unspecified atom stereocenters. The van der Waals surface area contributed by atoms with Crippen LogP contribution in [0.25, 0.3) is 31.8 Å². The van der Waals surface area contributed by atoms with E-state index < -0.39 is 55.3 Å². The number of phenolic OH excluding ortho intramolecular Hbond substituents is 1. The summed E-state index contributed by atoms with van der Waals surface area (Å²) in [6.45, 7) is 0. The largest absolute Gasteiger partial charge is 0.505 e. The van der Waals surface area contributed by atoms with E-state index in [1.54, 1.807) is 24.3 Å². The number of nitrogens with zero attached hydrogens (tertiary/aromatic N) is 2. The molecule has 1 fully saturated rings. The summed E-state index contributed by atoms with van der Waals surface area (Å²) in [5, 5.41) is 10.7. The van der Waals surface area contributed by atoms with Gasteiger partial charge in [-0.1, -0.05) is 12.1 Å². The molecule has 5 rings (SSSR count). The highest BCUT2D eigenvalue weighted by Gasteiger charge is 2.35. The molecule has 12 nitrogen and oxygen atoms in total. The van der Waals surface area contributed by atoms with E-state index in [9.17, 15) is 37.3 Å². The van der Waals surface area contributed by atoms with Gasteiger partial charge in [0.05, 0.1) is 15.8 Å². The average molecular weight is 516 g/mol. The van der Waals surface area contributed by atoms with Crippen LogP contribution in [0.4, 0.5) is 0 Å². The van der Waals surface area contributed by atoms with Crippen molar-refractivity contribution in [3.63, 3.8) is 0 Å². The summed E-state index contributed by atoms with van der Waals surface area (Å²) in [6, 6.07) is 9.15. The lowest BCUT2D eigenvalue weighted by Gasteiger charge is -2.14. The fourth-order valence-corrected chi connectivity index (χ4v) is 5.26. The van der Waals surface area contributed by atoms with E-state index in [2.05, 4.69) is 4.98 Å². The van der Waals surface area contributed by atoms with Crippen molar-refractivity contribution in [3.05, 3.63) is 52.4 Å². The average Bonchev–Trinajstić information content (AvgIpc) is 3.35. The molecule has 2 aromatic carbocycles. The summed E-state index contributed by atoms with van der Waals surface area (Å²) in [5.74, 6) is -4.35. The topological polar surface area (TPSA) is 181 Å². The number of aromatic hydroxyl groups is 1. The van der Waals surface area contributed by atoms with Gasteiger partial charge in [-0.2, -0.15) is 8.42 Å². The monoisotopic (exact) mass is 516 g/mol. The van der Waals surface area contributed by atoms with Crippen LogP contribution in [0.5, 0.6) is 5.75 Å². The fraction of sp³-hybridized carbons (Fsp3) is 0.0952. The number of carbonyl (C=O) groups excluding carboxylic acids is 3. The molecule has 1 aliphatic rings. The smallest absolute Gasteiger partial charge is 0.367 e. The highest BCUT2D eigenvalue weighted by molar-refractivity contribution is 7.86. The second-order valence-corrected chi connectivity index (χ2v) is 9.78. The lowest BCUT2D eigenvalue weighted by molar-refractivity contribution is -0.172. The molecule has 3 heterocycles. The summed E-state index contributed by atoms with van der Waals surface area (Å²) in [5.41, 5.74) is -2.01. The maximum Gasteiger partial charge on any atom is 0.367 e. The molecule has 4 aromatic rings. The van der Waals surface area contributed by atoms with Crippen LogP contribution in [0.3, 0.4) is 0 Å². The Labute approximate surface area is 198 Å². The highest BCUT2D eigenvalue weighted by Crippen LogP contribution is 2.37. The van der Waals surface area contributed by atoms with Crippen LogP contribution in [-0.4, -0.2) is 45.9 Å². The zero-order valence-corrected chi connectivity index (χ0v) is 18.9. The lowest BCUT2D eigenvalue weighted by Crippen LogP contribution is -2.32. The molecule has 14 heteroatoms. The van der Waals surface area contributed by atoms with E-state index in [4.69, 9.17) is 9.25 Å². The number of para-hydroxylation sites is 1. The van der Waals surface area contributed by atoms with Crippen molar-refractivity contribution >= 4 is 60.4 Å². The van der Waals surface area contributed by atoms with Crippen LogP contribution in [-0.2, 0) is 24.5 Å². The van der Waals surface area contributed by atoms with E-state index in [0.29, 0.717) is 5.52 Å². The molecule has 0 radical (unpaired) electrons. The van der Waals surface area contributed by atoms with Crippen LogP contribution in [0.1, 0.15) is 23.2 Å². The predicted molar refractivity (Wildman–Crippen MR) is 119 cm³/mol. The van der Waals surface area contributed by atoms with Gasteiger partial charge in [-0.25, -0.2) is 14.6 Å². The van der Waals surface area contributed by atoms with Gasteiger partial charge in [-0.15, -0.1) is 16.4 Å². The molecule has 2 aromatic heterocycles. The molecule has 0 saturated carbocycles. The Morgan fingerprint density at radius 1 is 1.11 bits per heavy atom. The first kappa shape index (κ1) is 22.6. The number of phenols is 1. The van der Waals surface area contributed by atoms with E-state index in [1.165, 1.54) is 6.07 Å². The van der Waals surface area contributed by atoms with E-state index in [-0.39, 0.29) is 33.9 Å². The zero-order chi connectivity index (χ0) is 25.1. The standard InChI is InChI=1S/C21H12N2O10S2/c24-14-5-6-15(25)23(14)33-21(28)10-7-9-8-11(19-22-12-3-1-2-4-13(12)34-19)20(27)32-17(9)18(16(10)26)35(29,30)31/h1-4,7-8,26H,5-6H2,(H,29,30,31). The quantitative estimate of drug-likeness (QED) is 0.230. The second-order valence-electron chi connectivity index (χ2n) is 7.39.